The normalized spacial score (nSPS) is 30.3. The van der Waals surface area contributed by atoms with Gasteiger partial charge in [0, 0.05) is 88.0 Å². The van der Waals surface area contributed by atoms with Crippen LogP contribution in [0.25, 0.3) is 0 Å². The van der Waals surface area contributed by atoms with E-state index in [0.717, 1.165) is 74.9 Å². The van der Waals surface area contributed by atoms with Crippen molar-refractivity contribution in [3.8, 4) is 5.75 Å². The first kappa shape index (κ1) is 42.8. The second-order valence-electron chi connectivity index (χ2n) is 16.4. The molecule has 56 heavy (non-hydrogen) atoms. The predicted molar refractivity (Wildman–Crippen MR) is 222 cm³/mol. The van der Waals surface area contributed by atoms with E-state index in [1.165, 1.54) is 11.1 Å². The summed E-state index contributed by atoms with van der Waals surface area (Å²) in [5, 5.41) is 19.6. The van der Waals surface area contributed by atoms with Gasteiger partial charge in [-0.15, -0.1) is 0 Å². The van der Waals surface area contributed by atoms with Crippen LogP contribution in [-0.4, -0.2) is 119 Å². The second kappa shape index (κ2) is 19.3. The molecule has 3 aliphatic heterocycles. The van der Waals surface area contributed by atoms with Crippen LogP contribution in [0.4, 0.5) is 5.69 Å². The van der Waals surface area contributed by atoms with E-state index in [-0.39, 0.29) is 48.0 Å². The fourth-order valence-electron chi connectivity index (χ4n) is 9.27. The Hall–Kier alpha value is -2.84. The highest BCUT2D eigenvalue weighted by atomic mass is 35.5. The van der Waals surface area contributed by atoms with Crippen LogP contribution in [0.3, 0.4) is 0 Å². The number of aliphatic carboxylic acids is 1. The number of carbonyl (C=O) groups excluding carboxylic acids is 1. The first-order valence-corrected chi connectivity index (χ1v) is 22.1. The van der Waals surface area contributed by atoms with Crippen molar-refractivity contribution < 1.29 is 33.8 Å². The SMILES string of the molecule is CCCc1cc(Cl)ccc1C1COc2ccc3cc2N(C1)CC1CCC1C(CN1CCN(C(CCO)CC(=O)O)CC1)(OC)/C=C/CC(C)C(C)[S+]([O-])NC3=O. The van der Waals surface area contributed by atoms with Gasteiger partial charge in [-0.1, -0.05) is 50.1 Å². The van der Waals surface area contributed by atoms with Crippen molar-refractivity contribution in [2.45, 2.75) is 88.5 Å². The molecule has 0 radical (unpaired) electrons. The molecule has 2 bridgehead atoms. The lowest BCUT2D eigenvalue weighted by atomic mass is 9.63. The smallest absolute Gasteiger partial charge is 0.304 e. The quantitative estimate of drug-likeness (QED) is 0.186. The summed E-state index contributed by atoms with van der Waals surface area (Å²) < 4.78 is 29.6. The number of carboxylic acid groups (broad SMARTS) is 1. The average molecular weight is 814 g/mol. The number of nitrogens with one attached hydrogen (secondary N) is 1. The number of fused-ring (bicyclic) bond motifs is 2. The first-order valence-electron chi connectivity index (χ1n) is 20.5. The zero-order chi connectivity index (χ0) is 40.0. The molecule has 3 heterocycles. The molecule has 3 N–H and O–H groups in total. The number of anilines is 1. The number of methoxy groups -OCH3 is 1. The number of hydrogen-bond donors (Lipinski definition) is 3. The van der Waals surface area contributed by atoms with Crippen molar-refractivity contribution >= 4 is 40.5 Å². The fourth-order valence-corrected chi connectivity index (χ4v) is 10.5. The Labute approximate surface area is 341 Å². The Bertz CT molecular complexity index is 1690. The molecule has 11 nitrogen and oxygen atoms in total. The third-order valence-electron chi connectivity index (χ3n) is 12.9. The van der Waals surface area contributed by atoms with Gasteiger partial charge in [0.25, 0.3) is 5.91 Å². The first-order chi connectivity index (χ1) is 26.9. The lowest BCUT2D eigenvalue weighted by Crippen LogP contribution is -2.59. The highest BCUT2D eigenvalue weighted by Crippen LogP contribution is 2.47. The van der Waals surface area contributed by atoms with Gasteiger partial charge in [0.05, 0.1) is 30.1 Å². The number of aliphatic hydroxyl groups is 1. The molecule has 2 aromatic carbocycles. The number of ether oxygens (including phenoxy) is 2. The van der Waals surface area contributed by atoms with E-state index in [2.05, 4.69) is 57.6 Å². The largest absolute Gasteiger partial charge is 0.593 e. The second-order valence-corrected chi connectivity index (χ2v) is 18.4. The van der Waals surface area contributed by atoms with Gasteiger partial charge in [0.1, 0.15) is 16.6 Å². The maximum absolute atomic E-state index is 13.6. The summed E-state index contributed by atoms with van der Waals surface area (Å²) in [6.45, 7) is 11.8. The zero-order valence-corrected chi connectivity index (χ0v) is 35.0. The predicted octanol–water partition coefficient (Wildman–Crippen LogP) is 5.91. The number of piperazine rings is 1. The molecule has 6 rings (SSSR count). The van der Waals surface area contributed by atoms with Crippen molar-refractivity contribution in [1.82, 2.24) is 14.5 Å². The summed E-state index contributed by atoms with van der Waals surface area (Å²) in [4.78, 5) is 32.3. The standard InChI is InChI=1S/C43H61ClN4O7S/c1-5-7-31-22-35(44)11-12-37(31)34-26-48-25-33-9-13-38(33)43(54-4,28-46-17-19-47(20-18-46)36(15-21-49)24-41(50)51)16-6-8-29(2)30(3)56(53)45-42(52)32-10-14-40(55-27-34)39(48)23-32/h6,10-12,14,16,22-23,29-30,33-34,36,38,49H,5,7-9,13,15,17-21,24-28H2,1-4H3,(H,45,52)(H,50,51)/b16-6+. The van der Waals surface area contributed by atoms with Crippen molar-refractivity contribution in [1.29, 1.82) is 0 Å². The lowest BCUT2D eigenvalue weighted by Gasteiger charge is -2.52. The molecule has 8 atom stereocenters. The Morgan fingerprint density at radius 2 is 1.93 bits per heavy atom. The molecule has 0 aromatic heterocycles. The molecule has 1 amide bonds. The fraction of sp³-hybridized carbons (Fsp3) is 0.628. The molecule has 13 heteroatoms. The minimum atomic E-state index is -1.60. The molecule has 0 spiro atoms. The number of benzene rings is 2. The molecule has 2 aromatic rings. The maximum Gasteiger partial charge on any atom is 0.304 e. The maximum atomic E-state index is 13.6. The van der Waals surface area contributed by atoms with E-state index in [1.54, 1.807) is 6.07 Å². The lowest BCUT2D eigenvalue weighted by molar-refractivity contribution is -0.138. The van der Waals surface area contributed by atoms with Crippen LogP contribution < -0.4 is 14.4 Å². The van der Waals surface area contributed by atoms with Crippen molar-refractivity contribution in [3.63, 3.8) is 0 Å². The van der Waals surface area contributed by atoms with Gasteiger partial charge >= 0.3 is 5.97 Å². The van der Waals surface area contributed by atoms with E-state index in [9.17, 15) is 24.4 Å². The van der Waals surface area contributed by atoms with Gasteiger partial charge < -0.3 is 29.1 Å². The number of aliphatic hydroxyl groups excluding tert-OH is 1. The molecule has 8 unspecified atom stereocenters. The molecular weight excluding hydrogens is 752 g/mol. The van der Waals surface area contributed by atoms with Gasteiger partial charge in [-0.05, 0) is 92.3 Å². The van der Waals surface area contributed by atoms with E-state index < -0.39 is 22.9 Å². The monoisotopic (exact) mass is 812 g/mol. The third-order valence-corrected chi connectivity index (χ3v) is 14.7. The number of halogens is 1. The van der Waals surface area contributed by atoms with Crippen LogP contribution in [-0.2, 0) is 27.3 Å². The molecule has 308 valence electrons. The van der Waals surface area contributed by atoms with Crippen molar-refractivity contribution in [2.24, 2.45) is 17.8 Å². The van der Waals surface area contributed by atoms with Gasteiger partial charge in [-0.3, -0.25) is 19.4 Å². The molecule has 1 saturated carbocycles. The average Bonchev–Trinajstić information content (AvgIpc) is 3.34. The molecular formula is C43H61ClN4O7S. The topological polar surface area (TPSA) is 138 Å². The Morgan fingerprint density at radius 3 is 2.61 bits per heavy atom. The van der Waals surface area contributed by atoms with Gasteiger partial charge in [-0.25, -0.2) is 0 Å². The Morgan fingerprint density at radius 1 is 1.14 bits per heavy atom. The highest BCUT2D eigenvalue weighted by Gasteiger charge is 2.49. The third kappa shape index (κ3) is 9.88. The number of amides is 1. The van der Waals surface area contributed by atoms with E-state index >= 15 is 0 Å². The van der Waals surface area contributed by atoms with Gasteiger partial charge in [0.2, 0.25) is 0 Å². The molecule has 2 fully saturated rings. The zero-order valence-electron chi connectivity index (χ0n) is 33.5. The van der Waals surface area contributed by atoms with E-state index in [1.807, 2.05) is 32.2 Å². The number of aryl methyl sites for hydroxylation is 1. The molecule has 1 aliphatic carbocycles. The van der Waals surface area contributed by atoms with Crippen LogP contribution in [0.5, 0.6) is 5.75 Å². The summed E-state index contributed by atoms with van der Waals surface area (Å²) in [6.07, 6.45) is 9.57. The molecule has 4 aliphatic rings. The van der Waals surface area contributed by atoms with E-state index in [4.69, 9.17) is 21.1 Å². The van der Waals surface area contributed by atoms with Crippen LogP contribution in [0, 0.1) is 17.8 Å². The summed E-state index contributed by atoms with van der Waals surface area (Å²) in [6, 6.07) is 11.6. The number of carbonyl (C=O) groups is 2. The minimum absolute atomic E-state index is 0.0189. The van der Waals surface area contributed by atoms with Crippen molar-refractivity contribution in [3.05, 3.63) is 70.3 Å². The number of hydrogen-bond acceptors (Lipinski definition) is 9. The van der Waals surface area contributed by atoms with Crippen molar-refractivity contribution in [2.75, 3.05) is 71.0 Å². The number of rotatable bonds is 11. The van der Waals surface area contributed by atoms with Crippen LogP contribution in [0.1, 0.15) is 86.7 Å². The van der Waals surface area contributed by atoms with Crippen LogP contribution in [0.15, 0.2) is 48.6 Å². The number of carboxylic acids is 1. The Kier molecular flexibility index (Phi) is 14.7. The van der Waals surface area contributed by atoms with Crippen LogP contribution in [0.2, 0.25) is 5.02 Å². The van der Waals surface area contributed by atoms with Gasteiger partial charge in [-0.2, -0.15) is 4.72 Å². The summed E-state index contributed by atoms with van der Waals surface area (Å²) in [7, 11) is 1.82. The summed E-state index contributed by atoms with van der Waals surface area (Å²) in [5.74, 6) is 0.140. The summed E-state index contributed by atoms with van der Waals surface area (Å²) in [5.41, 5.74) is 3.20. The van der Waals surface area contributed by atoms with Crippen LogP contribution >= 0.6 is 11.6 Å². The minimum Gasteiger partial charge on any atom is -0.593 e. The summed E-state index contributed by atoms with van der Waals surface area (Å²) >= 11 is 4.90. The van der Waals surface area contributed by atoms with E-state index in [0.29, 0.717) is 44.0 Å². The number of allylic oxidation sites excluding steroid dienone is 1. The van der Waals surface area contributed by atoms with Gasteiger partial charge in [0.15, 0.2) is 0 Å². The Balaban J connectivity index is 1.33. The molecule has 1 saturated heterocycles. The number of nitrogens with zero attached hydrogens (tertiary/aromatic N) is 3. The highest BCUT2D eigenvalue weighted by molar-refractivity contribution is 7.90.